The molecule has 2 atom stereocenters. The van der Waals surface area contributed by atoms with E-state index < -0.39 is 16.9 Å². The van der Waals surface area contributed by atoms with E-state index in [-0.39, 0.29) is 12.1 Å². The fourth-order valence-electron chi connectivity index (χ4n) is 1.87. The second-order valence-electron chi connectivity index (χ2n) is 5.22. The Labute approximate surface area is 104 Å². The van der Waals surface area contributed by atoms with Crippen molar-refractivity contribution in [3.8, 4) is 0 Å². The lowest BCUT2D eigenvalue weighted by Crippen LogP contribution is -2.53. The third-order valence-corrected chi connectivity index (χ3v) is 3.83. The van der Waals surface area contributed by atoms with Gasteiger partial charge in [-0.2, -0.15) is 4.31 Å². The predicted octanol–water partition coefficient (Wildman–Crippen LogP) is 0.517. The predicted molar refractivity (Wildman–Crippen MR) is 62.4 cm³/mol. The molecule has 0 bridgehead atoms. The van der Waals surface area contributed by atoms with Gasteiger partial charge in [0.05, 0.1) is 12.6 Å². The summed E-state index contributed by atoms with van der Waals surface area (Å²) in [5, 5.41) is 0. The van der Waals surface area contributed by atoms with Crippen molar-refractivity contribution >= 4 is 17.4 Å². The van der Waals surface area contributed by atoms with E-state index in [9.17, 15) is 9.00 Å². The minimum Gasteiger partial charge on any atom is -0.444 e. The van der Waals surface area contributed by atoms with Gasteiger partial charge in [-0.15, -0.1) is 0 Å². The van der Waals surface area contributed by atoms with Crippen molar-refractivity contribution in [2.75, 3.05) is 26.2 Å². The Bertz CT molecular complexity index is 342. The maximum Gasteiger partial charge on any atom is 0.410 e. The van der Waals surface area contributed by atoms with Gasteiger partial charge in [-0.25, -0.2) is 9.00 Å². The van der Waals surface area contributed by atoms with Gasteiger partial charge in [-0.05, 0) is 20.8 Å². The number of nitrogens with zero attached hydrogens (tertiary/aromatic N) is 2. The number of fused-ring (bicyclic) bond motifs is 1. The molecule has 1 unspecified atom stereocenters. The van der Waals surface area contributed by atoms with E-state index in [1.54, 1.807) is 9.21 Å². The molecule has 0 radical (unpaired) electrons. The maximum atomic E-state index is 11.9. The minimum atomic E-state index is -1.33. The molecule has 0 aliphatic carbocycles. The molecule has 98 valence electrons. The number of carbonyl (C=O) groups excluding carboxylic acids is 1. The maximum absolute atomic E-state index is 11.9. The summed E-state index contributed by atoms with van der Waals surface area (Å²) in [6.45, 7) is 7.54. The van der Waals surface area contributed by atoms with Crippen LogP contribution in [-0.2, 0) is 20.2 Å². The number of rotatable bonds is 0. The van der Waals surface area contributed by atoms with Crippen molar-refractivity contribution in [2.24, 2.45) is 0 Å². The van der Waals surface area contributed by atoms with Crippen LogP contribution in [0.4, 0.5) is 4.79 Å². The first-order valence-corrected chi connectivity index (χ1v) is 6.70. The first-order chi connectivity index (χ1) is 7.87. The van der Waals surface area contributed by atoms with E-state index in [1.165, 1.54) is 0 Å². The zero-order valence-corrected chi connectivity index (χ0v) is 11.2. The molecule has 2 fully saturated rings. The van der Waals surface area contributed by atoms with Gasteiger partial charge in [0.15, 0.2) is 0 Å². The van der Waals surface area contributed by atoms with E-state index in [2.05, 4.69) is 0 Å². The van der Waals surface area contributed by atoms with E-state index in [1.807, 2.05) is 20.8 Å². The van der Waals surface area contributed by atoms with Gasteiger partial charge in [0.2, 0.25) is 11.3 Å². The molecule has 0 N–H and O–H groups in total. The zero-order chi connectivity index (χ0) is 12.6. The summed E-state index contributed by atoms with van der Waals surface area (Å²) in [6, 6.07) is 0.0251. The zero-order valence-electron chi connectivity index (χ0n) is 10.3. The Morgan fingerprint density at radius 3 is 2.76 bits per heavy atom. The quantitative estimate of drug-likeness (QED) is 0.638. The third-order valence-electron chi connectivity index (χ3n) is 2.63. The van der Waals surface area contributed by atoms with Crippen LogP contribution in [0.15, 0.2) is 0 Å². The van der Waals surface area contributed by atoms with Gasteiger partial charge >= 0.3 is 6.09 Å². The van der Waals surface area contributed by atoms with Gasteiger partial charge < -0.3 is 9.64 Å². The number of amides is 1. The molecule has 6 nitrogen and oxygen atoms in total. The minimum absolute atomic E-state index is 0.0251. The summed E-state index contributed by atoms with van der Waals surface area (Å²) in [5.41, 5.74) is -0.483. The van der Waals surface area contributed by atoms with E-state index >= 15 is 0 Å². The standard InChI is InChI=1S/C10H18N2O4S/c1-10(2,3)16-9(13)11-4-5-12-8(6-11)7-15-17(12)14/h8H,4-7H2,1-3H3/t8-,17?/m1/s1. The topological polar surface area (TPSA) is 59.1 Å². The van der Waals surface area contributed by atoms with Gasteiger partial charge in [-0.3, -0.25) is 4.18 Å². The molecule has 7 heteroatoms. The molecule has 0 aromatic heterocycles. The Balaban J connectivity index is 1.93. The molecule has 2 rings (SSSR count). The Morgan fingerprint density at radius 2 is 2.12 bits per heavy atom. The highest BCUT2D eigenvalue weighted by Gasteiger charge is 2.39. The fourth-order valence-corrected chi connectivity index (χ4v) is 2.88. The lowest BCUT2D eigenvalue weighted by atomic mass is 10.2. The summed E-state index contributed by atoms with van der Waals surface area (Å²) >= 11 is -1.33. The number of ether oxygens (including phenoxy) is 1. The summed E-state index contributed by atoms with van der Waals surface area (Å²) in [6.07, 6.45) is -0.310. The van der Waals surface area contributed by atoms with Crippen LogP contribution in [0.25, 0.3) is 0 Å². The lowest BCUT2D eigenvalue weighted by molar-refractivity contribution is 0.0143. The molecule has 2 heterocycles. The van der Waals surface area contributed by atoms with Crippen LogP contribution < -0.4 is 0 Å². The van der Waals surface area contributed by atoms with Crippen molar-refractivity contribution in [3.63, 3.8) is 0 Å². The molecule has 1 amide bonds. The van der Waals surface area contributed by atoms with E-state index in [0.717, 1.165) is 0 Å². The number of hydrogen-bond donors (Lipinski definition) is 0. The molecule has 2 aliphatic heterocycles. The summed E-state index contributed by atoms with van der Waals surface area (Å²) in [4.78, 5) is 13.5. The highest BCUT2D eigenvalue weighted by Crippen LogP contribution is 2.21. The van der Waals surface area contributed by atoms with Crippen molar-refractivity contribution in [3.05, 3.63) is 0 Å². The molecular weight excluding hydrogens is 244 g/mol. The summed E-state index contributed by atoms with van der Waals surface area (Å²) in [5.74, 6) is 0. The Morgan fingerprint density at radius 1 is 1.41 bits per heavy atom. The number of carbonyl (C=O) groups is 1. The number of piperazine rings is 1. The van der Waals surface area contributed by atoms with Crippen LogP contribution in [-0.4, -0.2) is 57.4 Å². The average molecular weight is 262 g/mol. The van der Waals surface area contributed by atoms with Crippen molar-refractivity contribution in [1.29, 1.82) is 0 Å². The lowest BCUT2D eigenvalue weighted by Gasteiger charge is -2.35. The van der Waals surface area contributed by atoms with Gasteiger partial charge in [0.25, 0.3) is 0 Å². The van der Waals surface area contributed by atoms with Crippen LogP contribution in [0.3, 0.4) is 0 Å². The molecule has 0 spiro atoms. The van der Waals surface area contributed by atoms with Gasteiger partial charge in [0.1, 0.15) is 5.60 Å². The van der Waals surface area contributed by atoms with Gasteiger partial charge in [-0.1, -0.05) is 0 Å². The SMILES string of the molecule is CC(C)(C)OC(=O)N1CCN2[C@@H](COS2=O)C1. The molecular formula is C10H18N2O4S. The van der Waals surface area contributed by atoms with Crippen LogP contribution in [0, 0.1) is 0 Å². The van der Waals surface area contributed by atoms with Crippen molar-refractivity contribution in [2.45, 2.75) is 32.4 Å². The molecule has 2 aliphatic rings. The second-order valence-corrected chi connectivity index (χ2v) is 6.36. The Hall–Kier alpha value is -0.660. The molecule has 0 aromatic carbocycles. The first-order valence-electron chi connectivity index (χ1n) is 5.66. The van der Waals surface area contributed by atoms with Crippen LogP contribution in [0.2, 0.25) is 0 Å². The van der Waals surface area contributed by atoms with Crippen LogP contribution in [0.1, 0.15) is 20.8 Å². The number of hydrogen-bond acceptors (Lipinski definition) is 4. The highest BCUT2D eigenvalue weighted by atomic mass is 32.2. The average Bonchev–Trinajstić information content (AvgIpc) is 2.57. The molecule has 0 aromatic rings. The summed E-state index contributed by atoms with van der Waals surface area (Å²) in [7, 11) is 0. The van der Waals surface area contributed by atoms with E-state index in [4.69, 9.17) is 8.92 Å². The second kappa shape index (κ2) is 4.55. The largest absolute Gasteiger partial charge is 0.444 e. The first kappa shape index (κ1) is 12.8. The smallest absolute Gasteiger partial charge is 0.410 e. The van der Waals surface area contributed by atoms with E-state index in [0.29, 0.717) is 26.2 Å². The fraction of sp³-hybridized carbons (Fsp3) is 0.900. The van der Waals surface area contributed by atoms with Crippen molar-refractivity contribution in [1.82, 2.24) is 9.21 Å². The molecule has 2 saturated heterocycles. The third kappa shape index (κ3) is 2.97. The normalized spacial score (nSPS) is 30.2. The van der Waals surface area contributed by atoms with Gasteiger partial charge in [0, 0.05) is 19.6 Å². The molecule has 0 saturated carbocycles. The molecule has 17 heavy (non-hydrogen) atoms. The van der Waals surface area contributed by atoms with Crippen LogP contribution >= 0.6 is 0 Å². The highest BCUT2D eigenvalue weighted by molar-refractivity contribution is 7.78. The van der Waals surface area contributed by atoms with Crippen LogP contribution in [0.5, 0.6) is 0 Å². The Kier molecular flexibility index (Phi) is 3.42. The van der Waals surface area contributed by atoms with Crippen molar-refractivity contribution < 1.29 is 17.9 Å². The summed E-state index contributed by atoms with van der Waals surface area (Å²) < 4.78 is 23.5. The monoisotopic (exact) mass is 262 g/mol.